The third-order valence-corrected chi connectivity index (χ3v) is 2.91. The first-order chi connectivity index (χ1) is 11.3. The number of nitrogens with one attached hydrogen (secondary N) is 1. The summed E-state index contributed by atoms with van der Waals surface area (Å²) in [6.07, 6.45) is -4.57. The fourth-order valence-electron chi connectivity index (χ4n) is 1.78. The van der Waals surface area contributed by atoms with Gasteiger partial charge in [-0.25, -0.2) is 9.37 Å². The molecule has 0 spiro atoms. The summed E-state index contributed by atoms with van der Waals surface area (Å²) >= 11 is 0. The summed E-state index contributed by atoms with van der Waals surface area (Å²) in [6, 6.07) is 6.44. The Bertz CT molecular complexity index is 691. The van der Waals surface area contributed by atoms with Gasteiger partial charge in [0.2, 0.25) is 5.95 Å². The van der Waals surface area contributed by atoms with Crippen LogP contribution >= 0.6 is 0 Å². The topological polar surface area (TPSA) is 50.3 Å². The van der Waals surface area contributed by atoms with Gasteiger partial charge in [-0.05, 0) is 12.1 Å². The largest absolute Gasteiger partial charge is 0.492 e. The van der Waals surface area contributed by atoms with Crippen LogP contribution in [-0.4, -0.2) is 37.2 Å². The molecule has 0 aliphatic carbocycles. The van der Waals surface area contributed by atoms with Crippen LogP contribution in [0.5, 0.6) is 5.75 Å². The van der Waals surface area contributed by atoms with E-state index in [2.05, 4.69) is 15.3 Å². The van der Waals surface area contributed by atoms with Gasteiger partial charge in [-0.3, -0.25) is 0 Å². The average Bonchev–Trinajstić information content (AvgIpc) is 2.50. The first kappa shape index (κ1) is 17.8. The highest BCUT2D eigenvalue weighted by Gasteiger charge is 2.33. The van der Waals surface area contributed by atoms with Crippen molar-refractivity contribution in [3.8, 4) is 5.75 Å². The first-order valence-electron chi connectivity index (χ1n) is 7.01. The van der Waals surface area contributed by atoms with Crippen LogP contribution in [0.15, 0.2) is 30.3 Å². The molecule has 1 aromatic carbocycles. The molecule has 0 saturated carbocycles. The Balaban J connectivity index is 2.00. The normalized spacial score (nSPS) is 11.2. The number of nitrogens with zero attached hydrogens (tertiary/aromatic N) is 3. The third kappa shape index (κ3) is 4.97. The summed E-state index contributed by atoms with van der Waals surface area (Å²) in [5, 5.41) is 2.67. The summed E-state index contributed by atoms with van der Waals surface area (Å²) in [4.78, 5) is 8.90. The van der Waals surface area contributed by atoms with Crippen LogP contribution in [0.2, 0.25) is 0 Å². The molecule has 0 bridgehead atoms. The van der Waals surface area contributed by atoms with Gasteiger partial charge in [-0.2, -0.15) is 18.2 Å². The highest BCUT2D eigenvalue weighted by molar-refractivity contribution is 5.44. The van der Waals surface area contributed by atoms with E-state index in [0.717, 1.165) is 6.07 Å². The van der Waals surface area contributed by atoms with Crippen LogP contribution in [0, 0.1) is 5.82 Å². The molecule has 0 radical (unpaired) electrons. The Morgan fingerprint density at radius 1 is 1.17 bits per heavy atom. The highest BCUT2D eigenvalue weighted by atomic mass is 19.4. The van der Waals surface area contributed by atoms with Gasteiger partial charge in [0.15, 0.2) is 5.69 Å². The fourth-order valence-corrected chi connectivity index (χ4v) is 1.78. The maximum Gasteiger partial charge on any atom is 0.433 e. The molecule has 2 rings (SSSR count). The summed E-state index contributed by atoms with van der Waals surface area (Å²) in [7, 11) is 3.17. The Hall–Kier alpha value is -2.58. The molecule has 0 aliphatic rings. The van der Waals surface area contributed by atoms with Gasteiger partial charge in [0.1, 0.15) is 24.0 Å². The Labute approximate surface area is 136 Å². The molecule has 5 nitrogen and oxygen atoms in total. The predicted molar refractivity (Wildman–Crippen MR) is 81.7 cm³/mol. The number of hydrogen-bond acceptors (Lipinski definition) is 5. The molecule has 2 aromatic rings. The first-order valence-corrected chi connectivity index (χ1v) is 7.01. The Kier molecular flexibility index (Phi) is 5.42. The van der Waals surface area contributed by atoms with Crippen molar-refractivity contribution in [3.63, 3.8) is 0 Å². The van der Waals surface area contributed by atoms with Crippen LogP contribution in [0.1, 0.15) is 5.69 Å². The van der Waals surface area contributed by atoms with Crippen LogP contribution < -0.4 is 15.0 Å². The van der Waals surface area contributed by atoms with Crippen LogP contribution in [0.4, 0.5) is 29.3 Å². The zero-order chi connectivity index (χ0) is 17.7. The van der Waals surface area contributed by atoms with E-state index in [-0.39, 0.29) is 24.9 Å². The second kappa shape index (κ2) is 7.33. The molecule has 9 heteroatoms. The summed E-state index contributed by atoms with van der Waals surface area (Å²) in [5.41, 5.74) is -1.03. The SMILES string of the molecule is CN(C)c1cc(C(F)(F)F)nc(NCCOc2cccc(F)c2)n1. The zero-order valence-electron chi connectivity index (χ0n) is 13.1. The average molecular weight is 344 g/mol. The van der Waals surface area contributed by atoms with E-state index in [4.69, 9.17) is 4.74 Å². The molecule has 1 N–H and O–H groups in total. The lowest BCUT2D eigenvalue weighted by molar-refractivity contribution is -0.141. The van der Waals surface area contributed by atoms with E-state index < -0.39 is 17.7 Å². The molecule has 0 saturated heterocycles. The molecule has 130 valence electrons. The van der Waals surface area contributed by atoms with Crippen molar-refractivity contribution >= 4 is 11.8 Å². The quantitative estimate of drug-likeness (QED) is 0.644. The number of aromatic nitrogens is 2. The van der Waals surface area contributed by atoms with E-state index in [1.54, 1.807) is 20.2 Å². The van der Waals surface area contributed by atoms with E-state index in [0.29, 0.717) is 5.75 Å². The van der Waals surface area contributed by atoms with Crippen molar-refractivity contribution in [2.24, 2.45) is 0 Å². The molecule has 0 atom stereocenters. The van der Waals surface area contributed by atoms with Gasteiger partial charge in [0.25, 0.3) is 0 Å². The standard InChI is InChI=1S/C15H16F4N4O/c1-23(2)13-9-12(15(17,18)19)21-14(22-13)20-6-7-24-11-5-3-4-10(16)8-11/h3-5,8-9H,6-7H2,1-2H3,(H,20,21,22). The Morgan fingerprint density at radius 3 is 2.54 bits per heavy atom. The molecule has 1 aromatic heterocycles. The monoisotopic (exact) mass is 344 g/mol. The molecule has 1 heterocycles. The van der Waals surface area contributed by atoms with Crippen LogP contribution in [0.25, 0.3) is 0 Å². The van der Waals surface area contributed by atoms with Crippen LogP contribution in [-0.2, 0) is 6.18 Å². The van der Waals surface area contributed by atoms with Gasteiger partial charge < -0.3 is 15.0 Å². The number of alkyl halides is 3. The minimum Gasteiger partial charge on any atom is -0.492 e. The summed E-state index contributed by atoms with van der Waals surface area (Å²) < 4.78 is 56.9. The maximum atomic E-state index is 13.0. The smallest absolute Gasteiger partial charge is 0.433 e. The van der Waals surface area contributed by atoms with Crippen molar-refractivity contribution in [3.05, 3.63) is 41.8 Å². The van der Waals surface area contributed by atoms with Gasteiger partial charge in [0, 0.05) is 26.2 Å². The van der Waals surface area contributed by atoms with Gasteiger partial charge >= 0.3 is 6.18 Å². The lowest BCUT2D eigenvalue weighted by Crippen LogP contribution is -2.19. The molecular formula is C15H16F4N4O. The van der Waals surface area contributed by atoms with Crippen molar-refractivity contribution < 1.29 is 22.3 Å². The lowest BCUT2D eigenvalue weighted by atomic mass is 10.3. The minimum absolute atomic E-state index is 0.111. The van der Waals surface area contributed by atoms with Crippen molar-refractivity contribution in [2.75, 3.05) is 37.5 Å². The summed E-state index contributed by atoms with van der Waals surface area (Å²) in [5.74, 6) is -0.129. The molecule has 0 fully saturated rings. The van der Waals surface area contributed by atoms with E-state index >= 15 is 0 Å². The van der Waals surface area contributed by atoms with E-state index in [9.17, 15) is 17.6 Å². The molecule has 0 unspecified atom stereocenters. The van der Waals surface area contributed by atoms with Crippen LogP contribution in [0.3, 0.4) is 0 Å². The number of anilines is 2. The van der Waals surface area contributed by atoms with E-state index in [1.807, 2.05) is 0 Å². The molecule has 24 heavy (non-hydrogen) atoms. The number of halogens is 4. The lowest BCUT2D eigenvalue weighted by Gasteiger charge is -2.16. The second-order valence-corrected chi connectivity index (χ2v) is 5.06. The maximum absolute atomic E-state index is 13.0. The van der Waals surface area contributed by atoms with Gasteiger partial charge in [0.05, 0.1) is 6.54 Å². The second-order valence-electron chi connectivity index (χ2n) is 5.06. The molecule has 0 amide bonds. The highest BCUT2D eigenvalue weighted by Crippen LogP contribution is 2.30. The predicted octanol–water partition coefficient (Wildman–Crippen LogP) is 3.19. The number of benzene rings is 1. The molecular weight excluding hydrogens is 328 g/mol. The number of rotatable bonds is 6. The van der Waals surface area contributed by atoms with Crippen molar-refractivity contribution in [1.29, 1.82) is 0 Å². The van der Waals surface area contributed by atoms with Crippen molar-refractivity contribution in [2.45, 2.75) is 6.18 Å². The fraction of sp³-hybridized carbons (Fsp3) is 0.333. The Morgan fingerprint density at radius 2 is 1.92 bits per heavy atom. The summed E-state index contributed by atoms with van der Waals surface area (Å²) in [6.45, 7) is 0.269. The van der Waals surface area contributed by atoms with E-state index in [1.165, 1.54) is 23.1 Å². The zero-order valence-corrected chi connectivity index (χ0v) is 13.1. The van der Waals surface area contributed by atoms with Crippen molar-refractivity contribution in [1.82, 2.24) is 9.97 Å². The number of ether oxygens (including phenoxy) is 1. The minimum atomic E-state index is -4.57. The van der Waals surface area contributed by atoms with Gasteiger partial charge in [-0.15, -0.1) is 0 Å². The van der Waals surface area contributed by atoms with Gasteiger partial charge in [-0.1, -0.05) is 6.07 Å². The third-order valence-electron chi connectivity index (χ3n) is 2.91. The number of hydrogen-bond donors (Lipinski definition) is 1. The molecule has 0 aliphatic heterocycles.